The number of benzene rings is 1. The summed E-state index contributed by atoms with van der Waals surface area (Å²) in [6.45, 7) is 4.16. The Balaban J connectivity index is 2.33. The van der Waals surface area contributed by atoms with E-state index < -0.39 is 0 Å². The molecule has 0 fully saturated rings. The average Bonchev–Trinajstić information content (AvgIpc) is 2.28. The van der Waals surface area contributed by atoms with Crippen molar-refractivity contribution in [1.82, 2.24) is 9.97 Å². The van der Waals surface area contributed by atoms with E-state index in [2.05, 4.69) is 51.9 Å². The largest absolute Gasteiger partial charge is 0.347 e. The monoisotopic (exact) mass is 322 g/mol. The molecule has 0 aliphatic heterocycles. The Morgan fingerprint density at radius 2 is 2.17 bits per heavy atom. The zero-order valence-electron chi connectivity index (χ0n) is 10.5. The lowest BCUT2D eigenvalue weighted by Gasteiger charge is -2.07. The van der Waals surface area contributed by atoms with Gasteiger partial charge >= 0.3 is 0 Å². The molecule has 1 aromatic carbocycles. The van der Waals surface area contributed by atoms with Crippen molar-refractivity contribution in [2.75, 3.05) is 0 Å². The predicted octanol–water partition coefficient (Wildman–Crippen LogP) is 4.36. The van der Waals surface area contributed by atoms with Crippen LogP contribution in [-0.4, -0.2) is 9.97 Å². The summed E-state index contributed by atoms with van der Waals surface area (Å²) in [6.07, 6.45) is 1.69. The number of halogens is 1. The summed E-state index contributed by atoms with van der Waals surface area (Å²) in [5, 5.41) is 0. The van der Waals surface area contributed by atoms with Crippen LogP contribution in [0.3, 0.4) is 0 Å². The zero-order valence-corrected chi connectivity index (χ0v) is 12.9. The summed E-state index contributed by atoms with van der Waals surface area (Å²) < 4.78 is 1.80. The fraction of sp³-hybridized carbons (Fsp3) is 0.286. The van der Waals surface area contributed by atoms with Crippen molar-refractivity contribution in [3.05, 3.63) is 56.0 Å². The topological polar surface area (TPSA) is 28.7 Å². The van der Waals surface area contributed by atoms with Crippen molar-refractivity contribution in [2.24, 2.45) is 0 Å². The van der Waals surface area contributed by atoms with Gasteiger partial charge in [-0.1, -0.05) is 47.2 Å². The lowest BCUT2D eigenvalue weighted by Crippen LogP contribution is -2.03. The van der Waals surface area contributed by atoms with Crippen LogP contribution in [0.15, 0.2) is 28.7 Å². The third-order valence-electron chi connectivity index (χ3n) is 2.89. The average molecular weight is 323 g/mol. The number of aromatic amines is 1. The Morgan fingerprint density at radius 3 is 2.78 bits per heavy atom. The van der Waals surface area contributed by atoms with E-state index in [-0.39, 0.29) is 0 Å². The molecule has 0 radical (unpaired) electrons. The standard InChI is InChI=1S/C14H15BrN2S/c1-3-12-9(2)16-13(17-14(12)18)8-10-5-4-6-11(15)7-10/h4-7H,3,8H2,1-2H3,(H,16,17,18). The van der Waals surface area contributed by atoms with Crippen LogP contribution in [0.1, 0.15) is 29.6 Å². The molecule has 0 aliphatic carbocycles. The van der Waals surface area contributed by atoms with E-state index in [4.69, 9.17) is 12.2 Å². The van der Waals surface area contributed by atoms with Crippen LogP contribution in [0.2, 0.25) is 0 Å². The minimum Gasteiger partial charge on any atom is -0.347 e. The van der Waals surface area contributed by atoms with E-state index in [1.165, 1.54) is 5.56 Å². The maximum atomic E-state index is 5.33. The molecule has 2 rings (SSSR count). The van der Waals surface area contributed by atoms with Crippen molar-refractivity contribution in [3.63, 3.8) is 0 Å². The molecule has 0 aliphatic rings. The van der Waals surface area contributed by atoms with E-state index in [9.17, 15) is 0 Å². The highest BCUT2D eigenvalue weighted by atomic mass is 79.9. The minimum absolute atomic E-state index is 0.721. The molecule has 4 heteroatoms. The Bertz CT molecular complexity index is 619. The zero-order chi connectivity index (χ0) is 13.1. The van der Waals surface area contributed by atoms with Crippen LogP contribution in [0, 0.1) is 11.6 Å². The van der Waals surface area contributed by atoms with E-state index in [1.54, 1.807) is 0 Å². The quantitative estimate of drug-likeness (QED) is 0.850. The molecular weight excluding hydrogens is 308 g/mol. The fourth-order valence-corrected chi connectivity index (χ4v) is 2.86. The number of nitrogens with one attached hydrogen (secondary N) is 1. The number of H-pyrrole nitrogens is 1. The molecule has 18 heavy (non-hydrogen) atoms. The van der Waals surface area contributed by atoms with Gasteiger partial charge in [-0.15, -0.1) is 0 Å². The lowest BCUT2D eigenvalue weighted by atomic mass is 10.1. The van der Waals surface area contributed by atoms with Gasteiger partial charge in [0.1, 0.15) is 10.5 Å². The second kappa shape index (κ2) is 5.76. The summed E-state index contributed by atoms with van der Waals surface area (Å²) in [7, 11) is 0. The van der Waals surface area contributed by atoms with E-state index in [0.29, 0.717) is 0 Å². The second-order valence-corrected chi connectivity index (χ2v) is 5.55. The highest BCUT2D eigenvalue weighted by molar-refractivity contribution is 9.10. The SMILES string of the molecule is CCc1c(C)[nH]c(Cc2cccc(Br)c2)nc1=S. The van der Waals surface area contributed by atoms with Gasteiger partial charge in [0, 0.05) is 22.2 Å². The van der Waals surface area contributed by atoms with Crippen LogP contribution in [0.25, 0.3) is 0 Å². The van der Waals surface area contributed by atoms with Crippen molar-refractivity contribution in [3.8, 4) is 0 Å². The highest BCUT2D eigenvalue weighted by Gasteiger charge is 2.04. The highest BCUT2D eigenvalue weighted by Crippen LogP contribution is 2.15. The summed E-state index contributed by atoms with van der Waals surface area (Å²) in [5.74, 6) is 0.924. The Kier molecular flexibility index (Phi) is 4.30. The van der Waals surface area contributed by atoms with Gasteiger partial charge in [-0.05, 0) is 31.0 Å². The van der Waals surface area contributed by atoms with Gasteiger partial charge < -0.3 is 4.98 Å². The first-order chi connectivity index (χ1) is 8.60. The first-order valence-corrected chi connectivity index (χ1v) is 7.13. The van der Waals surface area contributed by atoms with Gasteiger partial charge in [0.15, 0.2) is 0 Å². The third-order valence-corrected chi connectivity index (χ3v) is 3.72. The van der Waals surface area contributed by atoms with Gasteiger partial charge in [-0.3, -0.25) is 0 Å². The Labute approximate surface area is 121 Å². The molecule has 2 aromatic rings. The number of rotatable bonds is 3. The summed E-state index contributed by atoms with van der Waals surface area (Å²) in [6, 6.07) is 8.24. The molecule has 0 spiro atoms. The molecule has 1 aromatic heterocycles. The maximum Gasteiger partial charge on any atom is 0.133 e. The number of aromatic nitrogens is 2. The Morgan fingerprint density at radius 1 is 1.39 bits per heavy atom. The first kappa shape index (κ1) is 13.4. The van der Waals surface area contributed by atoms with Crippen LogP contribution in [0.4, 0.5) is 0 Å². The van der Waals surface area contributed by atoms with Crippen LogP contribution in [-0.2, 0) is 12.8 Å². The summed E-state index contributed by atoms with van der Waals surface area (Å²) >= 11 is 8.80. The minimum atomic E-state index is 0.721. The van der Waals surface area contributed by atoms with Crippen molar-refractivity contribution in [1.29, 1.82) is 0 Å². The van der Waals surface area contributed by atoms with Crippen molar-refractivity contribution in [2.45, 2.75) is 26.7 Å². The molecular formula is C14H15BrN2S. The van der Waals surface area contributed by atoms with Gasteiger partial charge in [-0.25, -0.2) is 4.98 Å². The second-order valence-electron chi connectivity index (χ2n) is 4.25. The molecule has 0 unspecified atom stereocenters. The normalized spacial score (nSPS) is 10.6. The van der Waals surface area contributed by atoms with Crippen LogP contribution >= 0.6 is 28.1 Å². The molecule has 0 atom stereocenters. The number of hydrogen-bond acceptors (Lipinski definition) is 2. The van der Waals surface area contributed by atoms with Gasteiger partial charge in [0.05, 0.1) is 0 Å². The molecule has 1 N–H and O–H groups in total. The van der Waals surface area contributed by atoms with Crippen LogP contribution < -0.4 is 0 Å². The van der Waals surface area contributed by atoms with Crippen molar-refractivity contribution >= 4 is 28.1 Å². The summed E-state index contributed by atoms with van der Waals surface area (Å²) in [4.78, 5) is 7.82. The molecule has 0 bridgehead atoms. The smallest absolute Gasteiger partial charge is 0.133 e. The molecule has 0 amide bonds. The number of hydrogen-bond donors (Lipinski definition) is 1. The summed E-state index contributed by atoms with van der Waals surface area (Å²) in [5.41, 5.74) is 3.48. The van der Waals surface area contributed by atoms with Gasteiger partial charge in [-0.2, -0.15) is 0 Å². The van der Waals surface area contributed by atoms with E-state index >= 15 is 0 Å². The van der Waals surface area contributed by atoms with E-state index in [1.807, 2.05) is 12.1 Å². The first-order valence-electron chi connectivity index (χ1n) is 5.93. The number of aryl methyl sites for hydroxylation is 1. The Hall–Kier alpha value is -1.00. The molecule has 0 saturated carbocycles. The molecule has 1 heterocycles. The van der Waals surface area contributed by atoms with Gasteiger partial charge in [0.2, 0.25) is 0 Å². The molecule has 94 valence electrons. The molecule has 0 saturated heterocycles. The van der Waals surface area contributed by atoms with Crippen LogP contribution in [0.5, 0.6) is 0 Å². The molecule has 2 nitrogen and oxygen atoms in total. The lowest BCUT2D eigenvalue weighted by molar-refractivity contribution is 0.895. The fourth-order valence-electron chi connectivity index (χ4n) is 2.01. The third kappa shape index (κ3) is 3.06. The number of nitrogens with zero attached hydrogens (tertiary/aromatic N) is 1. The van der Waals surface area contributed by atoms with Gasteiger partial charge in [0.25, 0.3) is 0 Å². The van der Waals surface area contributed by atoms with Crippen molar-refractivity contribution < 1.29 is 0 Å². The van der Waals surface area contributed by atoms with E-state index in [0.717, 1.165) is 39.0 Å². The maximum absolute atomic E-state index is 5.33. The predicted molar refractivity (Wildman–Crippen MR) is 80.5 cm³/mol.